The molecule has 1 amide bonds. The lowest BCUT2D eigenvalue weighted by molar-refractivity contribution is -0.121. The summed E-state index contributed by atoms with van der Waals surface area (Å²) in [7, 11) is 0. The van der Waals surface area contributed by atoms with E-state index >= 15 is 0 Å². The SMILES string of the molecule is Cc1ccc(NC(=S)NC(=O)COc2ccc(Cl)cc2)cc1. The fourth-order valence-electron chi connectivity index (χ4n) is 1.64. The first-order chi connectivity index (χ1) is 10.5. The molecule has 6 heteroatoms. The Morgan fingerprint density at radius 3 is 2.41 bits per heavy atom. The highest BCUT2D eigenvalue weighted by atomic mass is 35.5. The topological polar surface area (TPSA) is 50.4 Å². The molecule has 0 saturated heterocycles. The zero-order chi connectivity index (χ0) is 15.9. The van der Waals surface area contributed by atoms with Gasteiger partial charge in [0.15, 0.2) is 11.7 Å². The highest BCUT2D eigenvalue weighted by molar-refractivity contribution is 7.80. The van der Waals surface area contributed by atoms with Gasteiger partial charge >= 0.3 is 0 Å². The maximum absolute atomic E-state index is 11.7. The van der Waals surface area contributed by atoms with Crippen LogP contribution in [0, 0.1) is 6.92 Å². The van der Waals surface area contributed by atoms with Crippen LogP contribution in [0.5, 0.6) is 5.75 Å². The molecular weight excluding hydrogens is 320 g/mol. The van der Waals surface area contributed by atoms with Crippen LogP contribution in [0.2, 0.25) is 5.02 Å². The predicted molar refractivity (Wildman–Crippen MR) is 92.5 cm³/mol. The quantitative estimate of drug-likeness (QED) is 0.840. The van der Waals surface area contributed by atoms with Crippen LogP contribution in [-0.4, -0.2) is 17.6 Å². The standard InChI is InChI=1S/C16H15ClN2O2S/c1-11-2-6-13(7-3-11)18-16(22)19-15(20)10-21-14-8-4-12(17)5-9-14/h2-9H,10H2,1H3,(H2,18,19,20,22). The van der Waals surface area contributed by atoms with Gasteiger partial charge in [0.2, 0.25) is 0 Å². The summed E-state index contributed by atoms with van der Waals surface area (Å²) in [6.45, 7) is 1.87. The van der Waals surface area contributed by atoms with Gasteiger partial charge in [0.05, 0.1) is 0 Å². The Hall–Kier alpha value is -2.11. The molecule has 0 heterocycles. The number of thiocarbonyl (C=S) groups is 1. The van der Waals surface area contributed by atoms with Crippen LogP contribution in [0.4, 0.5) is 5.69 Å². The number of benzene rings is 2. The van der Waals surface area contributed by atoms with Crippen LogP contribution in [0.3, 0.4) is 0 Å². The number of rotatable bonds is 4. The second-order valence-electron chi connectivity index (χ2n) is 4.61. The Labute approximate surface area is 139 Å². The van der Waals surface area contributed by atoms with E-state index in [1.807, 2.05) is 31.2 Å². The number of hydrogen-bond acceptors (Lipinski definition) is 3. The van der Waals surface area contributed by atoms with Crippen molar-refractivity contribution >= 4 is 40.5 Å². The molecule has 2 rings (SSSR count). The van der Waals surface area contributed by atoms with Gasteiger partial charge in [0, 0.05) is 10.7 Å². The van der Waals surface area contributed by atoms with E-state index in [4.69, 9.17) is 28.6 Å². The first-order valence-electron chi connectivity index (χ1n) is 6.59. The molecular formula is C16H15ClN2O2S. The van der Waals surface area contributed by atoms with Crippen molar-refractivity contribution in [1.82, 2.24) is 5.32 Å². The van der Waals surface area contributed by atoms with Crippen LogP contribution in [0.1, 0.15) is 5.56 Å². The summed E-state index contributed by atoms with van der Waals surface area (Å²) in [4.78, 5) is 11.7. The lowest BCUT2D eigenvalue weighted by Crippen LogP contribution is -2.37. The molecule has 22 heavy (non-hydrogen) atoms. The number of anilines is 1. The molecule has 2 aromatic carbocycles. The van der Waals surface area contributed by atoms with Crippen molar-refractivity contribution < 1.29 is 9.53 Å². The van der Waals surface area contributed by atoms with Crippen LogP contribution >= 0.6 is 23.8 Å². The fourth-order valence-corrected chi connectivity index (χ4v) is 2.00. The van der Waals surface area contributed by atoms with E-state index in [1.54, 1.807) is 24.3 Å². The van der Waals surface area contributed by atoms with Gasteiger partial charge in [-0.25, -0.2) is 0 Å². The van der Waals surface area contributed by atoms with E-state index in [1.165, 1.54) is 0 Å². The molecule has 0 aliphatic heterocycles. The average Bonchev–Trinajstić information content (AvgIpc) is 2.49. The largest absolute Gasteiger partial charge is 0.484 e. The van der Waals surface area contributed by atoms with E-state index in [-0.39, 0.29) is 17.6 Å². The first kappa shape index (κ1) is 16.3. The number of carbonyl (C=O) groups is 1. The predicted octanol–water partition coefficient (Wildman–Crippen LogP) is 3.54. The van der Waals surface area contributed by atoms with Gasteiger partial charge in [-0.3, -0.25) is 10.1 Å². The fraction of sp³-hybridized carbons (Fsp3) is 0.125. The second kappa shape index (κ2) is 7.77. The third-order valence-electron chi connectivity index (χ3n) is 2.75. The molecule has 0 saturated carbocycles. The number of hydrogen-bond donors (Lipinski definition) is 2. The summed E-state index contributed by atoms with van der Waals surface area (Å²) in [5, 5.41) is 6.33. The van der Waals surface area contributed by atoms with Crippen molar-refractivity contribution in [3.63, 3.8) is 0 Å². The second-order valence-corrected chi connectivity index (χ2v) is 5.46. The third-order valence-corrected chi connectivity index (χ3v) is 3.20. The molecule has 0 bridgehead atoms. The first-order valence-corrected chi connectivity index (χ1v) is 7.37. The molecule has 0 fully saturated rings. The molecule has 0 aromatic heterocycles. The Kier molecular flexibility index (Phi) is 5.75. The molecule has 0 aliphatic rings. The molecule has 2 aromatic rings. The highest BCUT2D eigenvalue weighted by Gasteiger charge is 2.06. The van der Waals surface area contributed by atoms with Crippen LogP contribution in [0.15, 0.2) is 48.5 Å². The van der Waals surface area contributed by atoms with E-state index < -0.39 is 0 Å². The normalized spacial score (nSPS) is 9.91. The molecule has 114 valence electrons. The summed E-state index contributed by atoms with van der Waals surface area (Å²) < 4.78 is 5.33. The van der Waals surface area contributed by atoms with Gasteiger partial charge in [-0.05, 0) is 55.5 Å². The van der Waals surface area contributed by atoms with Crippen molar-refractivity contribution in [3.8, 4) is 5.75 Å². The summed E-state index contributed by atoms with van der Waals surface area (Å²) >= 11 is 10.8. The van der Waals surface area contributed by atoms with E-state index in [2.05, 4.69) is 10.6 Å². The smallest absolute Gasteiger partial charge is 0.264 e. The minimum absolute atomic E-state index is 0.128. The van der Waals surface area contributed by atoms with Gasteiger partial charge in [0.1, 0.15) is 5.75 Å². The maximum Gasteiger partial charge on any atom is 0.264 e. The summed E-state index contributed by atoms with van der Waals surface area (Å²) in [5.74, 6) is 0.233. The van der Waals surface area contributed by atoms with Gasteiger partial charge in [-0.2, -0.15) is 0 Å². The monoisotopic (exact) mass is 334 g/mol. The van der Waals surface area contributed by atoms with E-state index in [0.717, 1.165) is 11.3 Å². The van der Waals surface area contributed by atoms with Crippen LogP contribution in [-0.2, 0) is 4.79 Å². The van der Waals surface area contributed by atoms with Gasteiger partial charge in [0.25, 0.3) is 5.91 Å². The molecule has 0 unspecified atom stereocenters. The summed E-state index contributed by atoms with van der Waals surface area (Å²) in [6.07, 6.45) is 0. The molecule has 0 atom stereocenters. The Bertz CT molecular complexity index is 657. The van der Waals surface area contributed by atoms with Crippen molar-refractivity contribution in [2.75, 3.05) is 11.9 Å². The summed E-state index contributed by atoms with van der Waals surface area (Å²) in [6, 6.07) is 14.5. The number of carbonyl (C=O) groups excluding carboxylic acids is 1. The van der Waals surface area contributed by atoms with Crippen molar-refractivity contribution in [1.29, 1.82) is 0 Å². The highest BCUT2D eigenvalue weighted by Crippen LogP contribution is 2.15. The molecule has 4 nitrogen and oxygen atoms in total. The Balaban J connectivity index is 1.77. The molecule has 0 aliphatic carbocycles. The maximum atomic E-state index is 11.7. The number of aryl methyl sites for hydroxylation is 1. The number of ether oxygens (including phenoxy) is 1. The third kappa shape index (κ3) is 5.35. The summed E-state index contributed by atoms with van der Waals surface area (Å²) in [5.41, 5.74) is 1.96. The molecule has 2 N–H and O–H groups in total. The van der Waals surface area contributed by atoms with Crippen molar-refractivity contribution in [3.05, 3.63) is 59.1 Å². The lowest BCUT2D eigenvalue weighted by atomic mass is 10.2. The minimum atomic E-state index is -0.334. The zero-order valence-corrected chi connectivity index (χ0v) is 13.5. The van der Waals surface area contributed by atoms with E-state index in [0.29, 0.717) is 10.8 Å². The average molecular weight is 335 g/mol. The van der Waals surface area contributed by atoms with Crippen LogP contribution < -0.4 is 15.4 Å². The minimum Gasteiger partial charge on any atom is -0.484 e. The zero-order valence-electron chi connectivity index (χ0n) is 11.9. The Morgan fingerprint density at radius 2 is 1.77 bits per heavy atom. The van der Waals surface area contributed by atoms with Crippen molar-refractivity contribution in [2.45, 2.75) is 6.92 Å². The van der Waals surface area contributed by atoms with Gasteiger partial charge < -0.3 is 10.1 Å². The molecule has 0 spiro atoms. The van der Waals surface area contributed by atoms with Crippen molar-refractivity contribution in [2.24, 2.45) is 0 Å². The molecule has 0 radical (unpaired) electrons. The van der Waals surface area contributed by atoms with Crippen LogP contribution in [0.25, 0.3) is 0 Å². The number of nitrogens with one attached hydrogen (secondary N) is 2. The van der Waals surface area contributed by atoms with E-state index in [9.17, 15) is 4.79 Å². The number of halogens is 1. The number of amides is 1. The van der Waals surface area contributed by atoms with Gasteiger partial charge in [-0.1, -0.05) is 29.3 Å². The van der Waals surface area contributed by atoms with Gasteiger partial charge in [-0.15, -0.1) is 0 Å². The lowest BCUT2D eigenvalue weighted by Gasteiger charge is -2.10. The Morgan fingerprint density at radius 1 is 1.14 bits per heavy atom.